The summed E-state index contributed by atoms with van der Waals surface area (Å²) in [5.74, 6) is 5.55. The highest BCUT2D eigenvalue weighted by Crippen LogP contribution is 2.02. The molecule has 0 aliphatic heterocycles. The van der Waals surface area contributed by atoms with Crippen LogP contribution in [0.4, 0.5) is 0 Å². The van der Waals surface area contributed by atoms with Gasteiger partial charge in [0.25, 0.3) is 0 Å². The number of rotatable bonds is 6. The highest BCUT2D eigenvalue weighted by atomic mass is 32.2. The lowest BCUT2D eigenvalue weighted by molar-refractivity contribution is 1.47. The topological polar surface area (TPSA) is 0 Å². The molecule has 0 unspecified atom stereocenters. The Hall–Kier alpha value is 1.05. The number of thioether (sulfide) groups is 1. The minimum Gasteiger partial charge on any atom is -0.152 e. The third-order valence-corrected chi connectivity index (χ3v) is 4.82. The molecule has 0 saturated carbocycles. The van der Waals surface area contributed by atoms with Crippen molar-refractivity contribution in [2.45, 2.75) is 0 Å². The molecule has 0 bridgehead atoms. The van der Waals surface area contributed by atoms with Gasteiger partial charge < -0.3 is 0 Å². The zero-order valence-corrected chi connectivity index (χ0v) is 10.5. The van der Waals surface area contributed by atoms with Crippen LogP contribution in [0, 0.1) is 0 Å². The first-order valence-electron chi connectivity index (χ1n) is 3.79. The fourth-order valence-electron chi connectivity index (χ4n) is 0.553. The van der Waals surface area contributed by atoms with Crippen LogP contribution >= 0.6 is 11.8 Å². The maximum absolute atomic E-state index is 2.32. The SMILES string of the molecule is C[S+](C)CCSCC[S+](C)C. The third-order valence-electron chi connectivity index (χ3n) is 1.27. The maximum Gasteiger partial charge on any atom is 0.116 e. The van der Waals surface area contributed by atoms with Crippen molar-refractivity contribution < 1.29 is 0 Å². The maximum atomic E-state index is 2.32. The largest absolute Gasteiger partial charge is 0.152 e. The summed E-state index contributed by atoms with van der Waals surface area (Å²) >= 11 is 2.12. The predicted octanol–water partition coefficient (Wildman–Crippen LogP) is 1.48. The van der Waals surface area contributed by atoms with E-state index in [1.165, 1.54) is 23.0 Å². The molecule has 0 aliphatic carbocycles. The molecule has 0 radical (unpaired) electrons. The van der Waals surface area contributed by atoms with Gasteiger partial charge >= 0.3 is 0 Å². The molecule has 0 heterocycles. The molecular formula is C8H20S3+2. The van der Waals surface area contributed by atoms with E-state index >= 15 is 0 Å². The van der Waals surface area contributed by atoms with Gasteiger partial charge in [-0.1, -0.05) is 0 Å². The van der Waals surface area contributed by atoms with Crippen LogP contribution in [0.1, 0.15) is 0 Å². The van der Waals surface area contributed by atoms with Crippen LogP contribution in [0.5, 0.6) is 0 Å². The van der Waals surface area contributed by atoms with Crippen LogP contribution in [0.15, 0.2) is 0 Å². The number of hydrogen-bond acceptors (Lipinski definition) is 1. The average Bonchev–Trinajstić information content (AvgIpc) is 1.85. The van der Waals surface area contributed by atoms with Gasteiger partial charge in [-0.25, -0.2) is 0 Å². The monoisotopic (exact) mass is 212 g/mol. The van der Waals surface area contributed by atoms with Crippen LogP contribution < -0.4 is 0 Å². The van der Waals surface area contributed by atoms with Gasteiger partial charge in [0.05, 0.1) is 25.0 Å². The molecule has 0 amide bonds. The normalized spacial score (nSPS) is 11.5. The quantitative estimate of drug-likeness (QED) is 0.475. The summed E-state index contributed by atoms with van der Waals surface area (Å²) in [6, 6.07) is 0. The molecule has 11 heavy (non-hydrogen) atoms. The summed E-state index contributed by atoms with van der Waals surface area (Å²) in [6.07, 6.45) is 9.30. The van der Waals surface area contributed by atoms with Crippen LogP contribution in [-0.4, -0.2) is 48.0 Å². The minimum atomic E-state index is 0.652. The first kappa shape index (κ1) is 12.0. The van der Waals surface area contributed by atoms with Crippen LogP contribution in [-0.2, 0) is 21.8 Å². The Bertz CT molecular complexity index is 71.4. The van der Waals surface area contributed by atoms with Gasteiger partial charge in [0.1, 0.15) is 11.5 Å². The molecule has 0 aromatic rings. The summed E-state index contributed by atoms with van der Waals surface area (Å²) in [5.41, 5.74) is 0. The van der Waals surface area contributed by atoms with Crippen LogP contribution in [0.25, 0.3) is 0 Å². The van der Waals surface area contributed by atoms with Gasteiger partial charge in [0.15, 0.2) is 0 Å². The lowest BCUT2D eigenvalue weighted by atomic mass is 10.9. The second-order valence-corrected chi connectivity index (χ2v) is 8.98. The zero-order valence-electron chi connectivity index (χ0n) is 8.05. The Morgan fingerprint density at radius 2 is 1.18 bits per heavy atom. The van der Waals surface area contributed by atoms with E-state index in [2.05, 4.69) is 36.8 Å². The van der Waals surface area contributed by atoms with Gasteiger partial charge in [0, 0.05) is 11.5 Å². The molecule has 0 spiro atoms. The first-order chi connectivity index (χ1) is 5.13. The van der Waals surface area contributed by atoms with Gasteiger partial charge in [-0.15, -0.1) is 0 Å². The Labute approximate surface area is 81.6 Å². The van der Waals surface area contributed by atoms with Crippen molar-refractivity contribution in [3.8, 4) is 0 Å². The lowest BCUT2D eigenvalue weighted by Crippen LogP contribution is -2.08. The van der Waals surface area contributed by atoms with Crippen molar-refractivity contribution >= 4 is 33.6 Å². The summed E-state index contributed by atoms with van der Waals surface area (Å²) in [7, 11) is 1.30. The molecule has 0 aliphatic rings. The summed E-state index contributed by atoms with van der Waals surface area (Å²) in [6.45, 7) is 0. The van der Waals surface area contributed by atoms with E-state index in [0.717, 1.165) is 0 Å². The molecule has 0 saturated heterocycles. The van der Waals surface area contributed by atoms with Crippen molar-refractivity contribution in [3.63, 3.8) is 0 Å². The van der Waals surface area contributed by atoms with Gasteiger partial charge in [0.2, 0.25) is 0 Å². The van der Waals surface area contributed by atoms with Gasteiger partial charge in [-0.2, -0.15) is 11.8 Å². The smallest absolute Gasteiger partial charge is 0.116 e. The zero-order chi connectivity index (χ0) is 8.69. The average molecular weight is 212 g/mol. The van der Waals surface area contributed by atoms with Crippen molar-refractivity contribution in [1.29, 1.82) is 0 Å². The predicted molar refractivity (Wildman–Crippen MR) is 65.5 cm³/mol. The van der Waals surface area contributed by atoms with Gasteiger partial charge in [-0.3, -0.25) is 0 Å². The Morgan fingerprint density at radius 1 is 0.818 bits per heavy atom. The molecular weight excluding hydrogens is 192 g/mol. The van der Waals surface area contributed by atoms with Crippen LogP contribution in [0.3, 0.4) is 0 Å². The standard InChI is InChI=1S/C8H20S3/c1-10(2)7-5-9-6-8-11(3)4/h5-8H2,1-4H3/q+2. The van der Waals surface area contributed by atoms with Crippen LogP contribution in [0.2, 0.25) is 0 Å². The minimum absolute atomic E-state index is 0.652. The molecule has 0 N–H and O–H groups in total. The van der Waals surface area contributed by atoms with E-state index in [4.69, 9.17) is 0 Å². The van der Waals surface area contributed by atoms with Crippen molar-refractivity contribution in [2.75, 3.05) is 48.0 Å². The highest BCUT2D eigenvalue weighted by Gasteiger charge is 2.04. The van der Waals surface area contributed by atoms with E-state index in [9.17, 15) is 0 Å². The Balaban J connectivity index is 2.91. The molecule has 0 atom stereocenters. The van der Waals surface area contributed by atoms with Crippen molar-refractivity contribution in [1.82, 2.24) is 0 Å². The number of hydrogen-bond donors (Lipinski definition) is 0. The molecule has 0 nitrogen and oxygen atoms in total. The second kappa shape index (κ2) is 7.69. The van der Waals surface area contributed by atoms with Crippen molar-refractivity contribution in [3.05, 3.63) is 0 Å². The summed E-state index contributed by atoms with van der Waals surface area (Å²) < 4.78 is 0. The van der Waals surface area contributed by atoms with E-state index in [1.54, 1.807) is 0 Å². The lowest BCUT2D eigenvalue weighted by Gasteiger charge is -1.98. The molecule has 0 aromatic carbocycles. The van der Waals surface area contributed by atoms with E-state index in [-0.39, 0.29) is 0 Å². The van der Waals surface area contributed by atoms with Gasteiger partial charge in [-0.05, 0) is 21.8 Å². The fourth-order valence-corrected chi connectivity index (χ4v) is 4.37. The summed E-state index contributed by atoms with van der Waals surface area (Å²) in [5, 5.41) is 0. The van der Waals surface area contributed by atoms with E-state index in [0.29, 0.717) is 21.8 Å². The molecule has 68 valence electrons. The molecule has 0 aromatic heterocycles. The fraction of sp³-hybridized carbons (Fsp3) is 1.00. The highest BCUT2D eigenvalue weighted by molar-refractivity contribution is 8.02. The van der Waals surface area contributed by atoms with E-state index in [1.807, 2.05) is 0 Å². The second-order valence-electron chi connectivity index (χ2n) is 2.99. The molecule has 0 rings (SSSR count). The third kappa shape index (κ3) is 11.0. The van der Waals surface area contributed by atoms with Crippen molar-refractivity contribution in [2.24, 2.45) is 0 Å². The molecule has 3 heteroatoms. The van der Waals surface area contributed by atoms with E-state index < -0.39 is 0 Å². The molecule has 0 fully saturated rings. The summed E-state index contributed by atoms with van der Waals surface area (Å²) in [4.78, 5) is 0. The first-order valence-corrected chi connectivity index (χ1v) is 9.36. The Morgan fingerprint density at radius 3 is 1.45 bits per heavy atom. The Kier molecular flexibility index (Phi) is 8.42.